The number of carbonyl (C=O) groups is 1. The number of pyridine rings is 1. The zero-order valence-corrected chi connectivity index (χ0v) is 14.8. The van der Waals surface area contributed by atoms with Crippen LogP contribution in [-0.4, -0.2) is 40.8 Å². The molecule has 6 heteroatoms. The first-order valence-corrected chi connectivity index (χ1v) is 8.51. The van der Waals surface area contributed by atoms with Gasteiger partial charge in [-0.05, 0) is 39.0 Å². The van der Waals surface area contributed by atoms with Gasteiger partial charge in [-0.3, -0.25) is 4.98 Å². The molecule has 3 rings (SSSR count). The Labute approximate surface area is 146 Å². The van der Waals surface area contributed by atoms with E-state index in [0.717, 1.165) is 0 Å². The highest BCUT2D eigenvalue weighted by atomic mass is 19.1. The van der Waals surface area contributed by atoms with Crippen molar-refractivity contribution in [3.63, 3.8) is 0 Å². The predicted octanol–water partition coefficient (Wildman–Crippen LogP) is 4.15. The lowest BCUT2D eigenvalue weighted by atomic mass is 10.1. The number of carbonyl (C=O) groups excluding carboxylic acids is 1. The number of para-hydroxylation sites is 1. The van der Waals surface area contributed by atoms with Crippen LogP contribution in [0, 0.1) is 5.82 Å². The maximum atomic E-state index is 13.8. The average Bonchev–Trinajstić information content (AvgIpc) is 2.55. The van der Waals surface area contributed by atoms with Gasteiger partial charge in [0.1, 0.15) is 28.8 Å². The summed E-state index contributed by atoms with van der Waals surface area (Å²) in [6.45, 7) is 6.73. The van der Waals surface area contributed by atoms with Gasteiger partial charge in [0, 0.05) is 37.5 Å². The summed E-state index contributed by atoms with van der Waals surface area (Å²) >= 11 is 0. The molecule has 0 radical (unpaired) electrons. The number of aromatic nitrogens is 1. The Morgan fingerprint density at radius 3 is 2.64 bits per heavy atom. The van der Waals surface area contributed by atoms with E-state index in [0.29, 0.717) is 42.6 Å². The van der Waals surface area contributed by atoms with E-state index >= 15 is 0 Å². The van der Waals surface area contributed by atoms with Crippen molar-refractivity contribution in [1.82, 2.24) is 9.88 Å². The second-order valence-corrected chi connectivity index (χ2v) is 7.23. The summed E-state index contributed by atoms with van der Waals surface area (Å²) in [5, 5.41) is 0.664. The topological polar surface area (TPSA) is 51.7 Å². The van der Waals surface area contributed by atoms with Crippen molar-refractivity contribution in [2.45, 2.75) is 45.3 Å². The minimum atomic E-state index is -0.496. The summed E-state index contributed by atoms with van der Waals surface area (Å²) < 4.78 is 25.3. The molecule has 2 heterocycles. The maximum absolute atomic E-state index is 13.8. The maximum Gasteiger partial charge on any atom is 0.410 e. The standard InChI is InChI=1S/C19H23FN2O3/c1-19(2,3)25-18(23)22-11-8-13(9-12-22)24-16-7-10-21-17-14(16)5-4-6-15(17)20/h4-7,10,13H,8-9,11-12H2,1-3H3. The van der Waals surface area contributed by atoms with Crippen molar-refractivity contribution in [3.8, 4) is 5.75 Å². The molecule has 0 N–H and O–H groups in total. The molecule has 1 aliphatic heterocycles. The molecule has 134 valence electrons. The van der Waals surface area contributed by atoms with Gasteiger partial charge in [0.2, 0.25) is 0 Å². The highest BCUT2D eigenvalue weighted by Gasteiger charge is 2.27. The number of fused-ring (bicyclic) bond motifs is 1. The Bertz CT molecular complexity index is 765. The molecule has 1 aliphatic rings. The number of benzene rings is 1. The molecule has 1 aromatic carbocycles. The highest BCUT2D eigenvalue weighted by molar-refractivity contribution is 5.85. The summed E-state index contributed by atoms with van der Waals surface area (Å²) in [6, 6.07) is 6.59. The van der Waals surface area contributed by atoms with Crippen LogP contribution in [0.2, 0.25) is 0 Å². The van der Waals surface area contributed by atoms with Crippen molar-refractivity contribution in [2.24, 2.45) is 0 Å². The van der Waals surface area contributed by atoms with Crippen LogP contribution in [0.3, 0.4) is 0 Å². The molecule has 0 spiro atoms. The summed E-state index contributed by atoms with van der Waals surface area (Å²) in [6.07, 6.45) is 2.66. The van der Waals surface area contributed by atoms with Crippen LogP contribution >= 0.6 is 0 Å². The van der Waals surface area contributed by atoms with E-state index in [1.54, 1.807) is 29.3 Å². The monoisotopic (exact) mass is 346 g/mol. The fourth-order valence-corrected chi connectivity index (χ4v) is 2.88. The molecule has 1 aromatic heterocycles. The number of rotatable bonds is 2. The van der Waals surface area contributed by atoms with Crippen molar-refractivity contribution >= 4 is 17.0 Å². The van der Waals surface area contributed by atoms with Gasteiger partial charge in [0.05, 0.1) is 0 Å². The zero-order valence-electron chi connectivity index (χ0n) is 14.8. The van der Waals surface area contributed by atoms with Crippen molar-refractivity contribution in [3.05, 3.63) is 36.3 Å². The van der Waals surface area contributed by atoms with E-state index in [-0.39, 0.29) is 18.0 Å². The first-order chi connectivity index (χ1) is 11.8. The van der Waals surface area contributed by atoms with Crippen LogP contribution in [0.25, 0.3) is 10.9 Å². The minimum absolute atomic E-state index is 0.0208. The van der Waals surface area contributed by atoms with E-state index in [1.165, 1.54) is 6.07 Å². The van der Waals surface area contributed by atoms with E-state index in [4.69, 9.17) is 9.47 Å². The Morgan fingerprint density at radius 1 is 1.24 bits per heavy atom. The third-order valence-corrected chi connectivity index (χ3v) is 4.07. The minimum Gasteiger partial charge on any atom is -0.490 e. The summed E-state index contributed by atoms with van der Waals surface area (Å²) in [5.74, 6) is 0.267. The number of halogens is 1. The molecule has 1 fully saturated rings. The first-order valence-electron chi connectivity index (χ1n) is 8.51. The third kappa shape index (κ3) is 4.18. The largest absolute Gasteiger partial charge is 0.490 e. The molecule has 1 amide bonds. The number of likely N-dealkylation sites (tertiary alicyclic amines) is 1. The quantitative estimate of drug-likeness (QED) is 0.820. The van der Waals surface area contributed by atoms with E-state index in [1.807, 2.05) is 20.8 Å². The second kappa shape index (κ2) is 6.86. The number of nitrogens with zero attached hydrogens (tertiary/aromatic N) is 2. The SMILES string of the molecule is CC(C)(C)OC(=O)N1CCC(Oc2ccnc3c(F)cccc23)CC1. The van der Waals surface area contributed by atoms with Crippen LogP contribution in [0.1, 0.15) is 33.6 Å². The number of ether oxygens (including phenoxy) is 2. The summed E-state index contributed by atoms with van der Waals surface area (Å²) in [5.41, 5.74) is -0.184. The van der Waals surface area contributed by atoms with Gasteiger partial charge in [0.15, 0.2) is 0 Å². The molecule has 5 nitrogen and oxygen atoms in total. The molecule has 0 aliphatic carbocycles. The van der Waals surface area contributed by atoms with Crippen molar-refractivity contribution in [1.29, 1.82) is 0 Å². The lowest BCUT2D eigenvalue weighted by Gasteiger charge is -2.33. The van der Waals surface area contributed by atoms with Crippen LogP contribution in [0.15, 0.2) is 30.5 Å². The molecule has 2 aromatic rings. The molecule has 0 saturated carbocycles. The van der Waals surface area contributed by atoms with Crippen LogP contribution in [0.5, 0.6) is 5.75 Å². The Kier molecular flexibility index (Phi) is 4.79. The average molecular weight is 346 g/mol. The number of hydrogen-bond donors (Lipinski definition) is 0. The Hall–Kier alpha value is -2.37. The van der Waals surface area contributed by atoms with Gasteiger partial charge in [-0.1, -0.05) is 6.07 Å². The van der Waals surface area contributed by atoms with Crippen molar-refractivity contribution < 1.29 is 18.7 Å². The number of hydrogen-bond acceptors (Lipinski definition) is 4. The lowest BCUT2D eigenvalue weighted by molar-refractivity contribution is 0.0128. The van der Waals surface area contributed by atoms with E-state index in [2.05, 4.69) is 4.98 Å². The second-order valence-electron chi connectivity index (χ2n) is 7.23. The van der Waals surface area contributed by atoms with E-state index < -0.39 is 5.60 Å². The molecule has 25 heavy (non-hydrogen) atoms. The summed E-state index contributed by atoms with van der Waals surface area (Å²) in [4.78, 5) is 17.9. The van der Waals surface area contributed by atoms with Crippen molar-refractivity contribution in [2.75, 3.05) is 13.1 Å². The molecular weight excluding hydrogens is 323 g/mol. The lowest BCUT2D eigenvalue weighted by Crippen LogP contribution is -2.44. The van der Waals surface area contributed by atoms with Crippen LogP contribution < -0.4 is 4.74 Å². The predicted molar refractivity (Wildman–Crippen MR) is 93.2 cm³/mol. The zero-order chi connectivity index (χ0) is 18.0. The molecule has 1 saturated heterocycles. The molecule has 0 unspecified atom stereocenters. The van der Waals surface area contributed by atoms with Gasteiger partial charge in [-0.2, -0.15) is 0 Å². The van der Waals surface area contributed by atoms with E-state index in [9.17, 15) is 9.18 Å². The normalized spacial score (nSPS) is 16.1. The summed E-state index contributed by atoms with van der Waals surface area (Å²) in [7, 11) is 0. The first kappa shape index (κ1) is 17.5. The van der Waals surface area contributed by atoms with Gasteiger partial charge >= 0.3 is 6.09 Å². The van der Waals surface area contributed by atoms with Gasteiger partial charge in [0.25, 0.3) is 0 Å². The Balaban J connectivity index is 1.63. The van der Waals surface area contributed by atoms with Gasteiger partial charge in [-0.25, -0.2) is 9.18 Å². The number of piperidine rings is 1. The third-order valence-electron chi connectivity index (χ3n) is 4.07. The fourth-order valence-electron chi connectivity index (χ4n) is 2.88. The van der Waals surface area contributed by atoms with Crippen LogP contribution in [-0.2, 0) is 4.74 Å². The van der Waals surface area contributed by atoms with Gasteiger partial charge in [-0.15, -0.1) is 0 Å². The van der Waals surface area contributed by atoms with Gasteiger partial charge < -0.3 is 14.4 Å². The smallest absolute Gasteiger partial charge is 0.410 e. The Morgan fingerprint density at radius 2 is 1.96 bits per heavy atom. The fraction of sp³-hybridized carbons (Fsp3) is 0.474. The van der Waals surface area contributed by atoms with Crippen LogP contribution in [0.4, 0.5) is 9.18 Å². The molecule has 0 atom stereocenters. The highest BCUT2D eigenvalue weighted by Crippen LogP contribution is 2.28. The molecular formula is C19H23FN2O3. The number of amides is 1. The molecule has 0 bridgehead atoms.